The summed E-state index contributed by atoms with van der Waals surface area (Å²) < 4.78 is 56.4. The van der Waals surface area contributed by atoms with E-state index in [9.17, 15) is 17.4 Å². The molecule has 0 saturated carbocycles. The van der Waals surface area contributed by atoms with Gasteiger partial charge < -0.3 is 4.98 Å². The molecule has 4 radical (unpaired) electrons. The highest BCUT2D eigenvalue weighted by molar-refractivity contribution is 7.86. The molecule has 0 bridgehead atoms. The van der Waals surface area contributed by atoms with Gasteiger partial charge in [0.05, 0.1) is 31.8 Å². The smallest absolute Gasteiger partial charge is 0.152 e. The van der Waals surface area contributed by atoms with Crippen molar-refractivity contribution in [2.75, 3.05) is 4.72 Å². The van der Waals surface area contributed by atoms with Gasteiger partial charge in [0.1, 0.15) is 23.5 Å². The molecule has 1 atom stereocenters. The highest BCUT2D eigenvalue weighted by Crippen LogP contribution is 2.31. The van der Waals surface area contributed by atoms with Gasteiger partial charge in [-0.15, -0.1) is 0 Å². The maximum atomic E-state index is 14.0. The Labute approximate surface area is 164 Å². The number of H-pyrrole nitrogens is 1. The maximum absolute atomic E-state index is 14.0. The second kappa shape index (κ2) is 7.60. The second-order valence-electron chi connectivity index (χ2n) is 5.91. The van der Waals surface area contributed by atoms with Gasteiger partial charge in [0.25, 0.3) is 0 Å². The molecule has 0 aliphatic rings. The zero-order valence-corrected chi connectivity index (χ0v) is 15.0. The molecule has 1 aromatic heterocycles. The zero-order valence-electron chi connectivity index (χ0n) is 14.2. The fourth-order valence-electron chi connectivity index (χ4n) is 2.59. The summed E-state index contributed by atoms with van der Waals surface area (Å²) in [5.74, 6) is -2.48. The van der Waals surface area contributed by atoms with Crippen LogP contribution in [-0.4, -0.2) is 24.9 Å². The molecule has 1 heterocycles. The van der Waals surface area contributed by atoms with Gasteiger partial charge in [-0.1, -0.05) is 17.7 Å². The van der Waals surface area contributed by atoms with Crippen molar-refractivity contribution < 1.29 is 17.4 Å². The van der Waals surface area contributed by atoms with E-state index in [1.54, 1.807) is 0 Å². The van der Waals surface area contributed by atoms with Crippen LogP contribution in [-0.2, 0) is 16.2 Å². The zero-order chi connectivity index (χ0) is 20.5. The van der Waals surface area contributed by atoms with Gasteiger partial charge in [0.2, 0.25) is 0 Å². The van der Waals surface area contributed by atoms with E-state index in [0.29, 0.717) is 6.07 Å². The van der Waals surface area contributed by atoms with E-state index in [2.05, 4.69) is 9.71 Å². The highest BCUT2D eigenvalue weighted by atomic mass is 32.2. The van der Waals surface area contributed by atoms with E-state index in [1.165, 1.54) is 36.7 Å². The fraction of sp³-hybridized carbons (Fsp3) is 0.0556. The third-order valence-corrected chi connectivity index (χ3v) is 5.18. The van der Waals surface area contributed by atoms with Crippen molar-refractivity contribution in [2.24, 2.45) is 0 Å². The summed E-state index contributed by atoms with van der Waals surface area (Å²) in [6.45, 7) is 0. The molecule has 0 aliphatic heterocycles. The van der Waals surface area contributed by atoms with Crippen LogP contribution in [0.3, 0.4) is 0 Å². The minimum Gasteiger partial charge on any atom is -0.366 e. The number of hydrogen-bond acceptors (Lipinski definition) is 2. The Balaban J connectivity index is 1.95. The second-order valence-corrected chi connectivity index (χ2v) is 7.09. The lowest BCUT2D eigenvalue weighted by molar-refractivity contribution is 0.600. The van der Waals surface area contributed by atoms with Crippen LogP contribution in [0.2, 0.25) is 0 Å². The molecule has 2 N–H and O–H groups in total. The molecule has 0 fully saturated rings. The molecule has 136 valence electrons. The molecule has 28 heavy (non-hydrogen) atoms. The number of nitrogens with one attached hydrogen (secondary N) is 2. The number of nitrogens with zero attached hydrogens (tertiary/aromatic N) is 1. The largest absolute Gasteiger partial charge is 0.366 e. The lowest BCUT2D eigenvalue weighted by atomic mass is 9.48. The molecular formula is C18H10B2F3N3OS. The van der Waals surface area contributed by atoms with Crippen molar-refractivity contribution in [1.29, 1.82) is 5.26 Å². The van der Waals surface area contributed by atoms with Crippen molar-refractivity contribution in [1.82, 2.24) is 4.98 Å². The van der Waals surface area contributed by atoms with E-state index >= 15 is 0 Å². The molecular weight excluding hydrogens is 385 g/mol. The number of aromatic nitrogens is 1. The van der Waals surface area contributed by atoms with Crippen molar-refractivity contribution in [3.63, 3.8) is 0 Å². The average molecular weight is 395 g/mol. The average Bonchev–Trinajstić information content (AvgIpc) is 3.15. The van der Waals surface area contributed by atoms with Gasteiger partial charge in [0, 0.05) is 18.5 Å². The Hall–Kier alpha value is -2.92. The van der Waals surface area contributed by atoms with Crippen LogP contribution in [0.4, 0.5) is 18.9 Å². The highest BCUT2D eigenvalue weighted by Gasteiger charge is 2.28. The van der Waals surface area contributed by atoms with Gasteiger partial charge in [-0.2, -0.15) is 5.26 Å². The van der Waals surface area contributed by atoms with Crippen LogP contribution in [0.25, 0.3) is 0 Å². The summed E-state index contributed by atoms with van der Waals surface area (Å²) in [5.41, 5.74) is -0.503. The molecule has 0 spiro atoms. The number of anilines is 1. The minimum atomic E-state index is -2.09. The van der Waals surface area contributed by atoms with Crippen LogP contribution in [0.1, 0.15) is 16.7 Å². The Bertz CT molecular complexity index is 1110. The van der Waals surface area contributed by atoms with E-state index in [4.69, 9.17) is 21.0 Å². The number of hydrogen-bond donors (Lipinski definition) is 2. The summed E-state index contributed by atoms with van der Waals surface area (Å²) in [6, 6.07) is 8.22. The summed E-state index contributed by atoms with van der Waals surface area (Å²) in [6.07, 6.45) is 2.71. The predicted octanol–water partition coefficient (Wildman–Crippen LogP) is 2.98. The van der Waals surface area contributed by atoms with E-state index in [0.717, 1.165) is 12.1 Å². The fourth-order valence-corrected chi connectivity index (χ4v) is 3.66. The monoisotopic (exact) mass is 395 g/mol. The number of halogens is 3. The molecule has 0 saturated heterocycles. The standard InChI is InChI=1S/C18H10B2F3N3OS/c19-18(20,11-2-1-3-12(21)5-11)13-8-25-9-17(13)28(27)26-16-6-14(22)10(7-24)4-15(16)23/h1-6,8-9,25-26H. The van der Waals surface area contributed by atoms with E-state index < -0.39 is 44.9 Å². The van der Waals surface area contributed by atoms with Gasteiger partial charge in [-0.05, 0) is 29.0 Å². The lowest BCUT2D eigenvalue weighted by Crippen LogP contribution is -2.30. The van der Waals surface area contributed by atoms with Gasteiger partial charge in [0.15, 0.2) is 11.0 Å². The van der Waals surface area contributed by atoms with E-state index in [1.807, 2.05) is 0 Å². The third kappa shape index (κ3) is 3.71. The molecule has 0 amide bonds. The summed E-state index contributed by atoms with van der Waals surface area (Å²) in [5, 5.41) is 7.02. The molecule has 10 heteroatoms. The number of nitriles is 1. The van der Waals surface area contributed by atoms with Crippen molar-refractivity contribution >= 4 is 32.4 Å². The predicted molar refractivity (Wildman–Crippen MR) is 101 cm³/mol. The Kier molecular flexibility index (Phi) is 5.38. The van der Waals surface area contributed by atoms with Crippen molar-refractivity contribution in [2.45, 2.75) is 10.1 Å². The quantitative estimate of drug-likeness (QED) is 0.653. The van der Waals surface area contributed by atoms with Gasteiger partial charge >= 0.3 is 0 Å². The SMILES string of the molecule is [B]C([B])(c1cccc(F)c1)c1c[nH]cc1S(=O)Nc1cc(F)c(C#N)cc1F. The summed E-state index contributed by atoms with van der Waals surface area (Å²) in [7, 11) is 10.2. The Morgan fingerprint density at radius 1 is 1.11 bits per heavy atom. The summed E-state index contributed by atoms with van der Waals surface area (Å²) in [4.78, 5) is 2.77. The normalized spacial score (nSPS) is 12.4. The van der Waals surface area contributed by atoms with Crippen molar-refractivity contribution in [3.8, 4) is 6.07 Å². The third-order valence-electron chi connectivity index (χ3n) is 4.04. The first kappa shape index (κ1) is 19.8. The first-order chi connectivity index (χ1) is 13.2. The first-order valence-electron chi connectivity index (χ1n) is 7.82. The minimum absolute atomic E-state index is 0.0680. The lowest BCUT2D eigenvalue weighted by Gasteiger charge is -2.27. The maximum Gasteiger partial charge on any atom is 0.152 e. The van der Waals surface area contributed by atoms with Gasteiger partial charge in [-0.3, -0.25) is 4.72 Å². The molecule has 4 nitrogen and oxygen atoms in total. The van der Waals surface area contributed by atoms with Crippen LogP contribution in [0, 0.1) is 28.8 Å². The Morgan fingerprint density at radius 2 is 1.86 bits per heavy atom. The molecule has 3 aromatic rings. The van der Waals surface area contributed by atoms with Gasteiger partial charge in [-0.25, -0.2) is 17.4 Å². The van der Waals surface area contributed by atoms with Crippen molar-refractivity contribution in [3.05, 3.63) is 82.9 Å². The number of rotatable bonds is 5. The van der Waals surface area contributed by atoms with Crippen LogP contribution >= 0.6 is 0 Å². The van der Waals surface area contributed by atoms with E-state index in [-0.39, 0.29) is 16.0 Å². The first-order valence-corrected chi connectivity index (χ1v) is 8.97. The molecule has 1 unspecified atom stereocenters. The van der Waals surface area contributed by atoms with Crippen LogP contribution in [0.15, 0.2) is 53.7 Å². The topological polar surface area (TPSA) is 68.7 Å². The molecule has 0 aliphatic carbocycles. The molecule has 3 rings (SSSR count). The molecule has 2 aromatic carbocycles. The summed E-state index contributed by atoms with van der Waals surface area (Å²) >= 11 is 0. The number of aromatic amines is 1. The Morgan fingerprint density at radius 3 is 2.54 bits per heavy atom. The van der Waals surface area contributed by atoms with Crippen LogP contribution < -0.4 is 4.72 Å². The van der Waals surface area contributed by atoms with Crippen LogP contribution in [0.5, 0.6) is 0 Å². The number of benzene rings is 2.